The molecule has 0 bridgehead atoms. The number of rotatable bonds is 2. The minimum atomic E-state index is 0.468. The molecule has 2 heteroatoms. The van der Waals surface area contributed by atoms with Crippen molar-refractivity contribution < 1.29 is 4.74 Å². The molecule has 2 atom stereocenters. The van der Waals surface area contributed by atoms with Crippen molar-refractivity contribution in [2.75, 3.05) is 13.7 Å². The van der Waals surface area contributed by atoms with Gasteiger partial charge in [-0.2, -0.15) is 0 Å². The summed E-state index contributed by atoms with van der Waals surface area (Å²) in [6.07, 6.45) is 2.88. The van der Waals surface area contributed by atoms with Gasteiger partial charge in [0.1, 0.15) is 0 Å². The normalized spacial score (nSPS) is 35.3. The molecular formula is C7H15NO. The largest absolute Gasteiger partial charge is 0.380 e. The molecule has 1 fully saturated rings. The highest BCUT2D eigenvalue weighted by Gasteiger charge is 2.21. The van der Waals surface area contributed by atoms with E-state index in [-0.39, 0.29) is 0 Å². The fourth-order valence-corrected chi connectivity index (χ4v) is 1.27. The second kappa shape index (κ2) is 3.18. The molecular weight excluding hydrogens is 114 g/mol. The number of nitrogens with one attached hydrogen (secondary N) is 1. The Balaban J connectivity index is 2.20. The Morgan fingerprint density at radius 3 is 2.78 bits per heavy atom. The zero-order valence-corrected chi connectivity index (χ0v) is 6.18. The lowest BCUT2D eigenvalue weighted by atomic mass is 10.1. The second-order valence-electron chi connectivity index (χ2n) is 2.61. The van der Waals surface area contributed by atoms with E-state index in [0.717, 1.165) is 6.54 Å². The Hall–Kier alpha value is -0.0800. The van der Waals surface area contributed by atoms with Crippen LogP contribution in [-0.2, 0) is 4.74 Å². The van der Waals surface area contributed by atoms with E-state index in [1.165, 1.54) is 12.8 Å². The van der Waals surface area contributed by atoms with E-state index < -0.39 is 0 Å². The Morgan fingerprint density at radius 2 is 2.44 bits per heavy atom. The number of methoxy groups -OCH3 is 1. The smallest absolute Gasteiger partial charge is 0.0710 e. The van der Waals surface area contributed by atoms with Gasteiger partial charge in [-0.15, -0.1) is 0 Å². The first-order valence-corrected chi connectivity index (χ1v) is 3.63. The molecule has 0 amide bonds. The van der Waals surface area contributed by atoms with Gasteiger partial charge < -0.3 is 10.1 Å². The van der Waals surface area contributed by atoms with Gasteiger partial charge in [-0.25, -0.2) is 0 Å². The quantitative estimate of drug-likeness (QED) is 0.594. The lowest BCUT2D eigenvalue weighted by Crippen LogP contribution is -2.20. The topological polar surface area (TPSA) is 21.3 Å². The minimum absolute atomic E-state index is 0.468. The number of hydrogen-bond acceptors (Lipinski definition) is 2. The summed E-state index contributed by atoms with van der Waals surface area (Å²) >= 11 is 0. The van der Waals surface area contributed by atoms with Gasteiger partial charge in [-0.05, 0) is 12.8 Å². The fourth-order valence-electron chi connectivity index (χ4n) is 1.27. The van der Waals surface area contributed by atoms with E-state index >= 15 is 0 Å². The van der Waals surface area contributed by atoms with E-state index in [1.807, 2.05) is 0 Å². The summed E-state index contributed by atoms with van der Waals surface area (Å²) in [5.74, 6) is 0. The molecule has 1 saturated heterocycles. The van der Waals surface area contributed by atoms with Crippen LogP contribution in [0.2, 0.25) is 0 Å². The summed E-state index contributed by atoms with van der Waals surface area (Å²) in [5.41, 5.74) is 0. The highest BCUT2D eigenvalue weighted by Crippen LogP contribution is 2.11. The summed E-state index contributed by atoms with van der Waals surface area (Å²) in [5, 5.41) is 3.38. The highest BCUT2D eigenvalue weighted by atomic mass is 16.5. The van der Waals surface area contributed by atoms with Crippen molar-refractivity contribution >= 4 is 0 Å². The van der Waals surface area contributed by atoms with Crippen LogP contribution in [0.15, 0.2) is 0 Å². The fraction of sp³-hybridized carbons (Fsp3) is 1.00. The van der Waals surface area contributed by atoms with Gasteiger partial charge in [0.25, 0.3) is 0 Å². The third-order valence-electron chi connectivity index (χ3n) is 2.01. The molecule has 0 aliphatic carbocycles. The van der Waals surface area contributed by atoms with E-state index in [0.29, 0.717) is 12.1 Å². The van der Waals surface area contributed by atoms with Crippen molar-refractivity contribution in [2.24, 2.45) is 0 Å². The van der Waals surface area contributed by atoms with Gasteiger partial charge >= 0.3 is 0 Å². The molecule has 0 aromatic heterocycles. The van der Waals surface area contributed by atoms with E-state index in [1.54, 1.807) is 7.11 Å². The van der Waals surface area contributed by atoms with Gasteiger partial charge in [-0.1, -0.05) is 6.92 Å². The molecule has 0 radical (unpaired) electrons. The van der Waals surface area contributed by atoms with Gasteiger partial charge in [0, 0.05) is 19.7 Å². The monoisotopic (exact) mass is 129 g/mol. The molecule has 1 aliphatic heterocycles. The molecule has 2 nitrogen and oxygen atoms in total. The molecule has 0 saturated carbocycles. The third kappa shape index (κ3) is 1.66. The maximum atomic E-state index is 5.18. The third-order valence-corrected chi connectivity index (χ3v) is 2.01. The lowest BCUT2D eigenvalue weighted by molar-refractivity contribution is 0.117. The van der Waals surface area contributed by atoms with Gasteiger partial charge in [-0.3, -0.25) is 0 Å². The summed E-state index contributed by atoms with van der Waals surface area (Å²) in [6.45, 7) is 3.24. The Bertz CT molecular complexity index is 75.0. The van der Waals surface area contributed by atoms with Crippen LogP contribution in [0.3, 0.4) is 0 Å². The van der Waals surface area contributed by atoms with Crippen LogP contribution in [0.1, 0.15) is 19.8 Å². The van der Waals surface area contributed by atoms with Crippen molar-refractivity contribution in [2.45, 2.75) is 31.9 Å². The zero-order chi connectivity index (χ0) is 6.69. The predicted molar refractivity (Wildman–Crippen MR) is 37.5 cm³/mol. The molecule has 1 aliphatic rings. The van der Waals surface area contributed by atoms with Gasteiger partial charge in [0.15, 0.2) is 0 Å². The van der Waals surface area contributed by atoms with Crippen molar-refractivity contribution in [1.82, 2.24) is 5.32 Å². The van der Waals surface area contributed by atoms with E-state index in [4.69, 9.17) is 4.74 Å². The summed E-state index contributed by atoms with van der Waals surface area (Å²) in [4.78, 5) is 0. The average Bonchev–Trinajstić information content (AvgIpc) is 2.34. The van der Waals surface area contributed by atoms with E-state index in [9.17, 15) is 0 Å². The van der Waals surface area contributed by atoms with Crippen LogP contribution >= 0.6 is 0 Å². The van der Waals surface area contributed by atoms with Gasteiger partial charge in [0.05, 0.1) is 6.10 Å². The first-order valence-electron chi connectivity index (χ1n) is 3.63. The molecule has 0 aromatic carbocycles. The molecule has 0 spiro atoms. The van der Waals surface area contributed by atoms with Crippen molar-refractivity contribution in [3.05, 3.63) is 0 Å². The summed E-state index contributed by atoms with van der Waals surface area (Å²) < 4.78 is 5.18. The Morgan fingerprint density at radius 1 is 1.67 bits per heavy atom. The van der Waals surface area contributed by atoms with Crippen LogP contribution in [0.25, 0.3) is 0 Å². The number of ether oxygens (including phenoxy) is 1. The van der Waals surface area contributed by atoms with Crippen molar-refractivity contribution in [1.29, 1.82) is 0 Å². The van der Waals surface area contributed by atoms with Crippen molar-refractivity contribution in [3.63, 3.8) is 0 Å². The lowest BCUT2D eigenvalue weighted by Gasteiger charge is -2.04. The molecule has 1 rings (SSSR count). The summed E-state index contributed by atoms with van der Waals surface area (Å²) in [7, 11) is 1.78. The van der Waals surface area contributed by atoms with Crippen LogP contribution in [0.4, 0.5) is 0 Å². The maximum absolute atomic E-state index is 5.18. The zero-order valence-electron chi connectivity index (χ0n) is 6.18. The SMILES string of the molecule is CC[C@@H]1C[C@@H](OC)CN1. The second-order valence-corrected chi connectivity index (χ2v) is 2.61. The predicted octanol–water partition coefficient (Wildman–Crippen LogP) is 0.773. The van der Waals surface area contributed by atoms with Crippen LogP contribution in [0.5, 0.6) is 0 Å². The molecule has 9 heavy (non-hydrogen) atoms. The molecule has 1 N–H and O–H groups in total. The first-order chi connectivity index (χ1) is 4.36. The molecule has 0 unspecified atom stereocenters. The van der Waals surface area contributed by atoms with Crippen LogP contribution < -0.4 is 5.32 Å². The first kappa shape index (κ1) is 7.03. The van der Waals surface area contributed by atoms with Gasteiger partial charge in [0.2, 0.25) is 0 Å². The minimum Gasteiger partial charge on any atom is -0.380 e. The standard InChI is InChI=1S/C7H15NO/c1-3-6-4-7(9-2)5-8-6/h6-8H,3-5H2,1-2H3/t6-,7-/m1/s1. The summed E-state index contributed by atoms with van der Waals surface area (Å²) in [6, 6.07) is 0.704. The average molecular weight is 129 g/mol. The highest BCUT2D eigenvalue weighted by molar-refractivity contribution is 4.80. The van der Waals surface area contributed by atoms with Crippen LogP contribution in [0, 0.1) is 0 Å². The van der Waals surface area contributed by atoms with Crippen molar-refractivity contribution in [3.8, 4) is 0 Å². The molecule has 0 aromatic rings. The number of hydrogen-bond donors (Lipinski definition) is 1. The van der Waals surface area contributed by atoms with Crippen LogP contribution in [-0.4, -0.2) is 25.8 Å². The Labute approximate surface area is 56.6 Å². The Kier molecular flexibility index (Phi) is 2.49. The van der Waals surface area contributed by atoms with E-state index in [2.05, 4.69) is 12.2 Å². The molecule has 1 heterocycles. The molecule has 54 valence electrons. The maximum Gasteiger partial charge on any atom is 0.0710 e.